The van der Waals surface area contributed by atoms with Gasteiger partial charge in [0.15, 0.2) is 0 Å². The Kier molecular flexibility index (Phi) is 5.70. The first-order valence-corrected chi connectivity index (χ1v) is 10.7. The highest BCUT2D eigenvalue weighted by molar-refractivity contribution is 6.33. The molecule has 0 amide bonds. The fraction of sp³-hybridized carbons (Fsp3) is 0.217. The number of nitrogens with zero attached hydrogens (tertiary/aromatic N) is 4. The molecule has 5 rings (SSSR count). The average Bonchev–Trinajstić information content (AvgIpc) is 3.27. The van der Waals surface area contributed by atoms with Gasteiger partial charge in [0.2, 0.25) is 0 Å². The molecule has 0 saturated heterocycles. The molecule has 1 aliphatic heterocycles. The van der Waals surface area contributed by atoms with E-state index < -0.39 is 11.7 Å². The number of furan rings is 1. The summed E-state index contributed by atoms with van der Waals surface area (Å²) in [7, 11) is 0. The van der Waals surface area contributed by atoms with E-state index in [1.165, 1.54) is 12.4 Å². The molecule has 4 heterocycles. The van der Waals surface area contributed by atoms with Crippen LogP contribution in [0.15, 0.2) is 58.3 Å². The van der Waals surface area contributed by atoms with Crippen LogP contribution >= 0.6 is 11.6 Å². The molecule has 3 aromatic heterocycles. The van der Waals surface area contributed by atoms with Crippen LogP contribution in [0.1, 0.15) is 22.6 Å². The maximum absolute atomic E-state index is 13.1. The lowest BCUT2D eigenvalue weighted by Gasteiger charge is -2.26. The summed E-state index contributed by atoms with van der Waals surface area (Å²) in [5.74, 6) is 1.22. The van der Waals surface area contributed by atoms with Crippen molar-refractivity contribution in [3.63, 3.8) is 0 Å². The molecule has 0 spiro atoms. The third-order valence-corrected chi connectivity index (χ3v) is 5.91. The van der Waals surface area contributed by atoms with Gasteiger partial charge in [0, 0.05) is 37.5 Å². The first-order chi connectivity index (χ1) is 16.3. The highest BCUT2D eigenvalue weighted by atomic mass is 35.5. The molecule has 0 radical (unpaired) electrons. The lowest BCUT2D eigenvalue weighted by Crippen LogP contribution is -2.35. The van der Waals surface area contributed by atoms with E-state index in [1.54, 1.807) is 24.5 Å². The second-order valence-corrected chi connectivity index (χ2v) is 8.29. The van der Waals surface area contributed by atoms with E-state index in [1.807, 2.05) is 4.90 Å². The molecule has 0 bridgehead atoms. The maximum Gasteiger partial charge on any atom is 0.416 e. The summed E-state index contributed by atoms with van der Waals surface area (Å²) in [5, 5.41) is 0.165. The van der Waals surface area contributed by atoms with Crippen LogP contribution in [0.5, 0.6) is 0 Å². The summed E-state index contributed by atoms with van der Waals surface area (Å²) < 4.78 is 45.1. The minimum Gasteiger partial charge on any atom is -0.460 e. The van der Waals surface area contributed by atoms with Crippen molar-refractivity contribution >= 4 is 11.6 Å². The largest absolute Gasteiger partial charge is 0.460 e. The van der Waals surface area contributed by atoms with Crippen LogP contribution < -0.4 is 5.56 Å². The number of hydrogen-bond donors (Lipinski definition) is 1. The predicted molar refractivity (Wildman–Crippen MR) is 118 cm³/mol. The van der Waals surface area contributed by atoms with Gasteiger partial charge in [0.05, 0.1) is 34.0 Å². The first-order valence-electron chi connectivity index (χ1n) is 10.3. The van der Waals surface area contributed by atoms with Gasteiger partial charge in [-0.15, -0.1) is 0 Å². The van der Waals surface area contributed by atoms with E-state index in [-0.39, 0.29) is 21.9 Å². The number of fused-ring (bicyclic) bond motifs is 1. The van der Waals surface area contributed by atoms with Gasteiger partial charge >= 0.3 is 6.18 Å². The first kappa shape index (κ1) is 22.3. The second-order valence-electron chi connectivity index (χ2n) is 7.89. The predicted octanol–water partition coefficient (Wildman–Crippen LogP) is 4.72. The molecule has 34 heavy (non-hydrogen) atoms. The summed E-state index contributed by atoms with van der Waals surface area (Å²) in [6, 6.07) is 6.41. The van der Waals surface area contributed by atoms with Crippen LogP contribution in [0.4, 0.5) is 13.2 Å². The number of nitrogens with one attached hydrogen (secondary N) is 1. The molecule has 4 aromatic rings. The van der Waals surface area contributed by atoms with Crippen molar-refractivity contribution in [3.8, 4) is 22.7 Å². The summed E-state index contributed by atoms with van der Waals surface area (Å²) in [6.45, 7) is 1.38. The van der Waals surface area contributed by atoms with Crippen LogP contribution in [-0.4, -0.2) is 31.4 Å². The van der Waals surface area contributed by atoms with Crippen LogP contribution in [0.25, 0.3) is 22.7 Å². The van der Waals surface area contributed by atoms with Gasteiger partial charge in [-0.2, -0.15) is 13.2 Å². The minimum absolute atomic E-state index is 0.165. The number of alkyl halides is 3. The number of hydrogen-bond acceptors (Lipinski definition) is 6. The molecule has 0 fully saturated rings. The van der Waals surface area contributed by atoms with Crippen molar-refractivity contribution in [2.75, 3.05) is 6.54 Å². The molecule has 0 unspecified atom stereocenters. The molecular formula is C23H17ClF3N5O2. The lowest BCUT2D eigenvalue weighted by atomic mass is 10.1. The van der Waals surface area contributed by atoms with Gasteiger partial charge in [-0.3, -0.25) is 9.69 Å². The summed E-state index contributed by atoms with van der Waals surface area (Å²) in [5.41, 5.74) is 1.05. The smallest absolute Gasteiger partial charge is 0.416 e. The van der Waals surface area contributed by atoms with E-state index in [9.17, 15) is 18.0 Å². The number of H-pyrrole nitrogens is 1. The van der Waals surface area contributed by atoms with E-state index >= 15 is 0 Å². The highest BCUT2D eigenvalue weighted by Gasteiger charge is 2.31. The van der Waals surface area contributed by atoms with Crippen LogP contribution in [0, 0.1) is 0 Å². The molecular weight excluding hydrogens is 471 g/mol. The Morgan fingerprint density at radius 2 is 1.94 bits per heavy atom. The van der Waals surface area contributed by atoms with Crippen molar-refractivity contribution in [1.29, 1.82) is 0 Å². The Morgan fingerprint density at radius 1 is 1.15 bits per heavy atom. The molecule has 0 atom stereocenters. The van der Waals surface area contributed by atoms with Crippen LogP contribution in [-0.2, 0) is 25.7 Å². The van der Waals surface area contributed by atoms with Crippen molar-refractivity contribution < 1.29 is 17.6 Å². The third kappa shape index (κ3) is 4.46. The Labute approximate surface area is 196 Å². The monoisotopic (exact) mass is 487 g/mol. The fourth-order valence-electron chi connectivity index (χ4n) is 3.89. The van der Waals surface area contributed by atoms with Gasteiger partial charge < -0.3 is 9.40 Å². The molecule has 11 heteroatoms. The molecule has 0 aliphatic carbocycles. The third-order valence-electron chi connectivity index (χ3n) is 5.58. The van der Waals surface area contributed by atoms with Crippen molar-refractivity contribution in [2.45, 2.75) is 25.7 Å². The SMILES string of the molecule is O=c1[nH]c(-c2cncnc2)nc2c1CN(Cc1ccc(-c3cc(C(F)(F)F)ccc3Cl)o1)CC2. The summed E-state index contributed by atoms with van der Waals surface area (Å²) in [6.07, 6.45) is 0.645. The summed E-state index contributed by atoms with van der Waals surface area (Å²) >= 11 is 6.12. The van der Waals surface area contributed by atoms with Crippen LogP contribution in [0.3, 0.4) is 0 Å². The van der Waals surface area contributed by atoms with E-state index in [0.717, 1.165) is 17.8 Å². The zero-order valence-corrected chi connectivity index (χ0v) is 18.3. The Bertz CT molecular complexity index is 1400. The Hall–Kier alpha value is -3.50. The van der Waals surface area contributed by atoms with Crippen molar-refractivity contribution in [2.24, 2.45) is 0 Å². The van der Waals surface area contributed by atoms with E-state index in [0.29, 0.717) is 48.8 Å². The highest BCUT2D eigenvalue weighted by Crippen LogP contribution is 2.36. The van der Waals surface area contributed by atoms with Crippen molar-refractivity contribution in [1.82, 2.24) is 24.8 Å². The number of halogens is 4. The van der Waals surface area contributed by atoms with Crippen LogP contribution in [0.2, 0.25) is 5.02 Å². The van der Waals surface area contributed by atoms with E-state index in [2.05, 4.69) is 19.9 Å². The zero-order chi connectivity index (χ0) is 23.9. The molecule has 1 N–H and O–H groups in total. The maximum atomic E-state index is 13.1. The molecule has 1 aliphatic rings. The number of rotatable bonds is 4. The fourth-order valence-corrected chi connectivity index (χ4v) is 4.10. The minimum atomic E-state index is -4.48. The van der Waals surface area contributed by atoms with Gasteiger partial charge in [0.25, 0.3) is 5.56 Å². The second kappa shape index (κ2) is 8.69. The quantitative estimate of drug-likeness (QED) is 0.448. The molecule has 1 aromatic carbocycles. The van der Waals surface area contributed by atoms with Crippen molar-refractivity contribution in [3.05, 3.63) is 87.0 Å². The normalized spacial score (nSPS) is 14.2. The number of aromatic amines is 1. The number of benzene rings is 1. The Morgan fingerprint density at radius 3 is 2.71 bits per heavy atom. The standard InChI is InChI=1S/C23H17ClF3N5O2/c24-18-3-1-14(23(25,26)27)7-16(18)20-4-2-15(34-20)10-32-6-5-19-17(11-32)22(33)31-21(30-19)13-8-28-12-29-9-13/h1-4,7-9,12H,5-6,10-11H2,(H,30,31,33). The average molecular weight is 488 g/mol. The van der Waals surface area contributed by atoms with Gasteiger partial charge in [-0.05, 0) is 30.3 Å². The molecule has 7 nitrogen and oxygen atoms in total. The molecule has 174 valence electrons. The molecule has 0 saturated carbocycles. The van der Waals surface area contributed by atoms with Gasteiger partial charge in [-0.25, -0.2) is 15.0 Å². The summed E-state index contributed by atoms with van der Waals surface area (Å²) in [4.78, 5) is 30.0. The topological polar surface area (TPSA) is 87.9 Å². The number of aromatic nitrogens is 4. The van der Waals surface area contributed by atoms with Gasteiger partial charge in [0.1, 0.15) is 23.7 Å². The lowest BCUT2D eigenvalue weighted by molar-refractivity contribution is -0.137. The van der Waals surface area contributed by atoms with Gasteiger partial charge in [-0.1, -0.05) is 11.6 Å². The van der Waals surface area contributed by atoms with E-state index in [4.69, 9.17) is 16.0 Å². The zero-order valence-electron chi connectivity index (χ0n) is 17.6. The Balaban J connectivity index is 1.34.